The molecule has 1 amide bonds. The molecule has 2 aliphatic heterocycles. The van der Waals surface area contributed by atoms with Gasteiger partial charge in [-0.3, -0.25) is 4.79 Å². The summed E-state index contributed by atoms with van der Waals surface area (Å²) in [7, 11) is 0. The summed E-state index contributed by atoms with van der Waals surface area (Å²) in [5.74, 6) is 1.51. The number of halogens is 3. The van der Waals surface area contributed by atoms with Gasteiger partial charge in [0.05, 0.1) is 10.5 Å². The monoisotopic (exact) mass is 359 g/mol. The summed E-state index contributed by atoms with van der Waals surface area (Å²) in [5, 5.41) is 0. The lowest BCUT2D eigenvalue weighted by atomic mass is 10.1. The summed E-state index contributed by atoms with van der Waals surface area (Å²) in [5.41, 5.74) is -0.705. The van der Waals surface area contributed by atoms with Crippen molar-refractivity contribution >= 4 is 23.5 Å². The van der Waals surface area contributed by atoms with Crippen molar-refractivity contribution in [2.75, 3.05) is 30.3 Å². The van der Waals surface area contributed by atoms with Crippen LogP contribution in [0.25, 0.3) is 0 Å². The Morgan fingerprint density at radius 2 is 2.21 bits per heavy atom. The lowest BCUT2D eigenvalue weighted by molar-refractivity contribution is -0.138. The van der Waals surface area contributed by atoms with E-state index in [1.807, 2.05) is 11.8 Å². The molecule has 0 saturated carbocycles. The maximum absolute atomic E-state index is 12.9. The number of thioether (sulfide) groups is 1. The zero-order valence-electron chi connectivity index (χ0n) is 13.5. The van der Waals surface area contributed by atoms with Crippen molar-refractivity contribution in [1.29, 1.82) is 0 Å². The van der Waals surface area contributed by atoms with Crippen LogP contribution in [0.1, 0.15) is 31.7 Å². The number of alkyl halides is 3. The highest BCUT2D eigenvalue weighted by atomic mass is 32.2. The molecule has 1 fully saturated rings. The van der Waals surface area contributed by atoms with Crippen molar-refractivity contribution in [3.05, 3.63) is 17.8 Å². The molecule has 0 spiro atoms. The second-order valence-electron chi connectivity index (χ2n) is 6.12. The number of hydrogen-bond donors (Lipinski definition) is 0. The Bertz CT molecular complexity index is 623. The minimum Gasteiger partial charge on any atom is -0.349 e. The van der Waals surface area contributed by atoms with Crippen molar-refractivity contribution < 1.29 is 18.0 Å². The molecule has 3 heterocycles. The van der Waals surface area contributed by atoms with E-state index in [4.69, 9.17) is 0 Å². The van der Waals surface area contributed by atoms with Gasteiger partial charge in [0.25, 0.3) is 0 Å². The molecule has 0 radical (unpaired) electrons. The maximum Gasteiger partial charge on any atom is 0.417 e. The van der Waals surface area contributed by atoms with Crippen LogP contribution in [-0.2, 0) is 11.0 Å². The molecule has 3 rings (SSSR count). The number of rotatable bonds is 2. The Labute approximate surface area is 143 Å². The van der Waals surface area contributed by atoms with Crippen molar-refractivity contribution in [3.8, 4) is 0 Å². The maximum atomic E-state index is 12.9. The highest BCUT2D eigenvalue weighted by Gasteiger charge is 2.36. The Kier molecular flexibility index (Phi) is 4.94. The first-order valence-electron chi connectivity index (χ1n) is 8.14. The lowest BCUT2D eigenvalue weighted by Gasteiger charge is -2.41. The summed E-state index contributed by atoms with van der Waals surface area (Å²) in [6, 6.07) is 1.32. The van der Waals surface area contributed by atoms with Gasteiger partial charge in [0, 0.05) is 44.0 Å². The van der Waals surface area contributed by atoms with Gasteiger partial charge >= 0.3 is 6.18 Å². The summed E-state index contributed by atoms with van der Waals surface area (Å²) in [6.07, 6.45) is -1.26. The van der Waals surface area contributed by atoms with Gasteiger partial charge in [-0.1, -0.05) is 6.92 Å². The molecule has 1 aromatic rings. The molecule has 0 aromatic carbocycles. The fourth-order valence-corrected chi connectivity index (χ4v) is 4.32. The number of fused-ring (bicyclic) bond motifs is 3. The third kappa shape index (κ3) is 3.48. The van der Waals surface area contributed by atoms with Gasteiger partial charge < -0.3 is 9.80 Å². The normalized spacial score (nSPS) is 21.1. The predicted molar refractivity (Wildman–Crippen MR) is 87.2 cm³/mol. The molecule has 1 atom stereocenters. The number of carbonyl (C=O) groups is 1. The number of piperazine rings is 1. The van der Waals surface area contributed by atoms with E-state index in [9.17, 15) is 18.0 Å². The van der Waals surface area contributed by atoms with Crippen molar-refractivity contribution in [1.82, 2.24) is 9.88 Å². The first kappa shape index (κ1) is 17.4. The number of carbonyl (C=O) groups excluding carboxylic acids is 1. The minimum absolute atomic E-state index is 0.123. The van der Waals surface area contributed by atoms with Crippen LogP contribution in [0, 0.1) is 0 Å². The van der Waals surface area contributed by atoms with Crippen LogP contribution in [0.5, 0.6) is 0 Å². The van der Waals surface area contributed by atoms with E-state index >= 15 is 0 Å². The Morgan fingerprint density at radius 1 is 1.42 bits per heavy atom. The summed E-state index contributed by atoms with van der Waals surface area (Å²) < 4.78 is 38.7. The third-order valence-corrected chi connectivity index (χ3v) is 5.49. The Balaban J connectivity index is 1.82. The molecule has 4 nitrogen and oxygen atoms in total. The average Bonchev–Trinajstić information content (AvgIpc) is 2.72. The smallest absolute Gasteiger partial charge is 0.349 e. The SMILES string of the molecule is CCCC(=O)N1CCN2c3ncc(C(F)(F)F)cc3SCC[C@@H]2C1. The molecule has 2 aliphatic rings. The molecule has 0 N–H and O–H groups in total. The van der Waals surface area contributed by atoms with E-state index in [0.717, 1.165) is 24.8 Å². The van der Waals surface area contributed by atoms with Crippen LogP contribution in [-0.4, -0.2) is 47.2 Å². The number of anilines is 1. The number of aromatic nitrogens is 1. The first-order chi connectivity index (χ1) is 11.4. The second kappa shape index (κ2) is 6.82. The van der Waals surface area contributed by atoms with E-state index in [1.165, 1.54) is 17.8 Å². The molecular weight excluding hydrogens is 339 g/mol. The van der Waals surface area contributed by atoms with Crippen molar-refractivity contribution in [3.63, 3.8) is 0 Å². The number of pyridine rings is 1. The van der Waals surface area contributed by atoms with E-state index < -0.39 is 11.7 Å². The van der Waals surface area contributed by atoms with E-state index in [1.54, 1.807) is 0 Å². The largest absolute Gasteiger partial charge is 0.417 e. The van der Waals surface area contributed by atoms with Crippen LogP contribution in [0.4, 0.5) is 19.0 Å². The zero-order chi connectivity index (χ0) is 17.3. The van der Waals surface area contributed by atoms with Gasteiger partial charge in [0.1, 0.15) is 5.82 Å². The van der Waals surface area contributed by atoms with Gasteiger partial charge in [-0.2, -0.15) is 13.2 Å². The first-order valence-corrected chi connectivity index (χ1v) is 9.13. The zero-order valence-corrected chi connectivity index (χ0v) is 14.3. The van der Waals surface area contributed by atoms with Crippen LogP contribution < -0.4 is 4.90 Å². The Hall–Kier alpha value is -1.44. The predicted octanol–water partition coefficient (Wildman–Crippen LogP) is 3.41. The highest BCUT2D eigenvalue weighted by molar-refractivity contribution is 7.99. The number of hydrogen-bond acceptors (Lipinski definition) is 4. The molecule has 8 heteroatoms. The van der Waals surface area contributed by atoms with Gasteiger partial charge in [0.2, 0.25) is 5.91 Å². The fourth-order valence-electron chi connectivity index (χ4n) is 3.20. The summed E-state index contributed by atoms with van der Waals surface area (Å²) in [6.45, 7) is 3.82. The van der Waals surface area contributed by atoms with Gasteiger partial charge in [-0.05, 0) is 18.9 Å². The molecular formula is C16H20F3N3OS. The number of nitrogens with zero attached hydrogens (tertiary/aromatic N) is 3. The molecule has 132 valence electrons. The molecule has 24 heavy (non-hydrogen) atoms. The summed E-state index contributed by atoms with van der Waals surface area (Å²) in [4.78, 5) is 20.8. The fraction of sp³-hybridized carbons (Fsp3) is 0.625. The molecule has 1 saturated heterocycles. The van der Waals surface area contributed by atoms with E-state index in [2.05, 4.69) is 9.88 Å². The molecule has 0 aliphatic carbocycles. The Morgan fingerprint density at radius 3 is 2.92 bits per heavy atom. The quantitative estimate of drug-likeness (QED) is 0.811. The van der Waals surface area contributed by atoms with Gasteiger partial charge in [-0.15, -0.1) is 11.8 Å². The van der Waals surface area contributed by atoms with Crippen LogP contribution in [0.2, 0.25) is 0 Å². The highest BCUT2D eigenvalue weighted by Crippen LogP contribution is 2.39. The van der Waals surface area contributed by atoms with Gasteiger partial charge in [0.15, 0.2) is 0 Å². The summed E-state index contributed by atoms with van der Waals surface area (Å²) >= 11 is 1.42. The molecule has 1 aromatic heterocycles. The topological polar surface area (TPSA) is 36.4 Å². The van der Waals surface area contributed by atoms with E-state index in [0.29, 0.717) is 36.8 Å². The van der Waals surface area contributed by atoms with E-state index in [-0.39, 0.29) is 11.9 Å². The lowest BCUT2D eigenvalue weighted by Crippen LogP contribution is -2.55. The third-order valence-electron chi connectivity index (χ3n) is 4.44. The standard InChI is InChI=1S/C16H20F3N3OS/c1-2-3-14(23)21-5-6-22-12(10-21)4-7-24-13-8-11(16(17,18)19)9-20-15(13)22/h8-9,12H,2-7,10H2,1H3/t12-/m1/s1. The van der Waals surface area contributed by atoms with Gasteiger partial charge in [-0.25, -0.2) is 4.98 Å². The van der Waals surface area contributed by atoms with Crippen molar-refractivity contribution in [2.45, 2.75) is 43.3 Å². The average molecular weight is 359 g/mol. The van der Waals surface area contributed by atoms with Crippen LogP contribution in [0.15, 0.2) is 17.2 Å². The van der Waals surface area contributed by atoms with Crippen LogP contribution >= 0.6 is 11.8 Å². The number of amides is 1. The molecule has 0 bridgehead atoms. The van der Waals surface area contributed by atoms with Crippen molar-refractivity contribution in [2.24, 2.45) is 0 Å². The van der Waals surface area contributed by atoms with Crippen LogP contribution in [0.3, 0.4) is 0 Å². The second-order valence-corrected chi connectivity index (χ2v) is 7.25. The minimum atomic E-state index is -4.38. The molecule has 0 unspecified atom stereocenters.